The average Bonchev–Trinajstić information content (AvgIpc) is 2.86. The van der Waals surface area contributed by atoms with Gasteiger partial charge in [0, 0.05) is 12.2 Å². The highest BCUT2D eigenvalue weighted by Crippen LogP contribution is 2.51. The van der Waals surface area contributed by atoms with E-state index in [9.17, 15) is 4.79 Å². The maximum Gasteiger partial charge on any atom is 0.241 e. The zero-order chi connectivity index (χ0) is 15.0. The quantitative estimate of drug-likeness (QED) is 0.744. The summed E-state index contributed by atoms with van der Waals surface area (Å²) in [5.74, 6) is 0.382. The lowest BCUT2D eigenvalue weighted by Crippen LogP contribution is -2.40. The third-order valence-corrected chi connectivity index (χ3v) is 5.84. The van der Waals surface area contributed by atoms with Crippen LogP contribution in [0.1, 0.15) is 63.4 Å². The van der Waals surface area contributed by atoms with Crippen LogP contribution in [-0.2, 0) is 10.2 Å². The third-order valence-electron chi connectivity index (χ3n) is 5.84. The van der Waals surface area contributed by atoms with Crippen molar-refractivity contribution < 1.29 is 4.79 Å². The molecule has 1 aromatic rings. The fourth-order valence-corrected chi connectivity index (χ4v) is 4.80. The van der Waals surface area contributed by atoms with Crippen molar-refractivity contribution in [1.82, 2.24) is 4.90 Å². The summed E-state index contributed by atoms with van der Waals surface area (Å²) in [5, 5.41) is 0. The molecule has 2 aliphatic heterocycles. The Morgan fingerprint density at radius 1 is 0.864 bits per heavy atom. The molecule has 0 aromatic heterocycles. The Balaban J connectivity index is 1.90. The molecule has 1 unspecified atom stereocenters. The van der Waals surface area contributed by atoms with E-state index in [0.717, 1.165) is 32.2 Å². The van der Waals surface area contributed by atoms with Crippen molar-refractivity contribution >= 4 is 5.91 Å². The van der Waals surface area contributed by atoms with Gasteiger partial charge in [-0.25, -0.2) is 0 Å². The van der Waals surface area contributed by atoms with E-state index >= 15 is 0 Å². The van der Waals surface area contributed by atoms with Crippen LogP contribution in [0, 0.1) is 0 Å². The van der Waals surface area contributed by atoms with Crippen LogP contribution in [0.2, 0.25) is 0 Å². The summed E-state index contributed by atoms with van der Waals surface area (Å²) in [4.78, 5) is 15.7. The van der Waals surface area contributed by atoms with Gasteiger partial charge in [-0.1, -0.05) is 49.6 Å². The van der Waals surface area contributed by atoms with Crippen molar-refractivity contribution in [2.45, 2.75) is 63.2 Å². The molecule has 0 radical (unpaired) electrons. The number of benzene rings is 1. The summed E-state index contributed by atoms with van der Waals surface area (Å²) in [6, 6.07) is 10.6. The van der Waals surface area contributed by atoms with Crippen LogP contribution in [0.25, 0.3) is 0 Å². The van der Waals surface area contributed by atoms with Crippen LogP contribution in [0.3, 0.4) is 0 Å². The molecular formula is C20H25NO. The number of allylic oxidation sites excluding steroid dienone is 1. The van der Waals surface area contributed by atoms with Gasteiger partial charge in [0.15, 0.2) is 0 Å². The summed E-state index contributed by atoms with van der Waals surface area (Å²) in [7, 11) is 0. The second-order valence-corrected chi connectivity index (χ2v) is 7.02. The molecule has 4 rings (SSSR count). The van der Waals surface area contributed by atoms with Gasteiger partial charge in [0.2, 0.25) is 5.91 Å². The van der Waals surface area contributed by atoms with E-state index in [4.69, 9.17) is 0 Å². The Kier molecular flexibility index (Phi) is 3.56. The zero-order valence-electron chi connectivity index (χ0n) is 13.3. The lowest BCUT2D eigenvalue weighted by molar-refractivity contribution is -0.132. The second-order valence-electron chi connectivity index (χ2n) is 7.02. The molecule has 0 saturated carbocycles. The lowest BCUT2D eigenvalue weighted by atomic mass is 9.68. The van der Waals surface area contributed by atoms with E-state index in [1.54, 1.807) is 0 Å². The number of carbonyl (C=O) groups is 1. The van der Waals surface area contributed by atoms with Crippen molar-refractivity contribution in [3.8, 4) is 0 Å². The molecule has 1 saturated heterocycles. The molecule has 2 nitrogen and oxygen atoms in total. The first-order chi connectivity index (χ1) is 10.8. The SMILES string of the molecule is O=C1N2CCCCCCC1(c1ccccc1)C1=C2CCCC1. The van der Waals surface area contributed by atoms with Crippen molar-refractivity contribution in [3.05, 3.63) is 47.2 Å². The molecule has 116 valence electrons. The molecule has 2 bridgehead atoms. The van der Waals surface area contributed by atoms with E-state index < -0.39 is 0 Å². The maximum atomic E-state index is 13.5. The first-order valence-corrected chi connectivity index (χ1v) is 8.94. The summed E-state index contributed by atoms with van der Waals surface area (Å²) in [5.41, 5.74) is 3.76. The molecule has 22 heavy (non-hydrogen) atoms. The van der Waals surface area contributed by atoms with E-state index in [1.165, 1.54) is 48.9 Å². The highest BCUT2D eigenvalue weighted by Gasteiger charge is 2.52. The number of amides is 1. The molecule has 1 atom stereocenters. The second kappa shape index (κ2) is 5.57. The standard InChI is InChI=1S/C20H25NO/c22-19-20(16-10-4-3-5-11-16)14-8-1-2-9-15-21(19)18-13-7-6-12-17(18)20/h3-5,10-11H,1-2,6-9,12-15H2. The summed E-state index contributed by atoms with van der Waals surface area (Å²) >= 11 is 0. The van der Waals surface area contributed by atoms with Crippen molar-refractivity contribution in [2.24, 2.45) is 0 Å². The first-order valence-electron chi connectivity index (χ1n) is 8.94. The lowest BCUT2D eigenvalue weighted by Gasteiger charge is -2.32. The monoisotopic (exact) mass is 295 g/mol. The number of rotatable bonds is 1. The maximum absolute atomic E-state index is 13.5. The Morgan fingerprint density at radius 2 is 1.64 bits per heavy atom. The van der Waals surface area contributed by atoms with Crippen molar-refractivity contribution in [2.75, 3.05) is 6.54 Å². The summed E-state index contributed by atoms with van der Waals surface area (Å²) in [6.07, 6.45) is 10.6. The summed E-state index contributed by atoms with van der Waals surface area (Å²) < 4.78 is 0. The normalized spacial score (nSPS) is 28.9. The van der Waals surface area contributed by atoms with Gasteiger partial charge < -0.3 is 4.90 Å². The fourth-order valence-electron chi connectivity index (χ4n) is 4.80. The van der Waals surface area contributed by atoms with Crippen LogP contribution in [0.15, 0.2) is 41.6 Å². The number of carbonyl (C=O) groups excluding carboxylic acids is 1. The first kappa shape index (κ1) is 14.0. The largest absolute Gasteiger partial charge is 0.315 e. The topological polar surface area (TPSA) is 20.3 Å². The Morgan fingerprint density at radius 3 is 2.50 bits per heavy atom. The van der Waals surface area contributed by atoms with Crippen molar-refractivity contribution in [3.63, 3.8) is 0 Å². The molecule has 2 heterocycles. The number of fused-ring (bicyclic) bond motifs is 4. The van der Waals surface area contributed by atoms with Crippen LogP contribution in [-0.4, -0.2) is 17.4 Å². The predicted molar refractivity (Wildman–Crippen MR) is 88.4 cm³/mol. The zero-order valence-corrected chi connectivity index (χ0v) is 13.3. The number of nitrogens with zero attached hydrogens (tertiary/aromatic N) is 1. The molecule has 1 amide bonds. The minimum Gasteiger partial charge on any atom is -0.315 e. The van der Waals surface area contributed by atoms with Gasteiger partial charge >= 0.3 is 0 Å². The molecule has 0 N–H and O–H groups in total. The molecule has 0 spiro atoms. The van der Waals surface area contributed by atoms with Gasteiger partial charge in [0.05, 0.1) is 5.41 Å². The van der Waals surface area contributed by atoms with Crippen LogP contribution < -0.4 is 0 Å². The number of hydrogen-bond donors (Lipinski definition) is 0. The van der Waals surface area contributed by atoms with Gasteiger partial charge in [0.25, 0.3) is 0 Å². The summed E-state index contributed by atoms with van der Waals surface area (Å²) in [6.45, 7) is 0.937. The average molecular weight is 295 g/mol. The Labute approximate surface area is 133 Å². The van der Waals surface area contributed by atoms with E-state index in [-0.39, 0.29) is 5.41 Å². The van der Waals surface area contributed by atoms with Crippen LogP contribution in [0.5, 0.6) is 0 Å². The molecule has 2 heteroatoms. The van der Waals surface area contributed by atoms with E-state index in [0.29, 0.717) is 5.91 Å². The van der Waals surface area contributed by atoms with E-state index in [2.05, 4.69) is 35.2 Å². The highest BCUT2D eigenvalue weighted by atomic mass is 16.2. The molecule has 1 aliphatic carbocycles. The Hall–Kier alpha value is -1.57. The van der Waals surface area contributed by atoms with Gasteiger partial charge in [-0.2, -0.15) is 0 Å². The Bertz CT molecular complexity index is 603. The molecule has 1 aromatic carbocycles. The van der Waals surface area contributed by atoms with Gasteiger partial charge in [0.1, 0.15) is 0 Å². The van der Waals surface area contributed by atoms with Gasteiger partial charge in [-0.3, -0.25) is 4.79 Å². The van der Waals surface area contributed by atoms with Crippen LogP contribution in [0.4, 0.5) is 0 Å². The minimum atomic E-state index is -0.332. The smallest absolute Gasteiger partial charge is 0.241 e. The minimum absolute atomic E-state index is 0.332. The van der Waals surface area contributed by atoms with Gasteiger partial charge in [-0.15, -0.1) is 0 Å². The molecule has 1 fully saturated rings. The predicted octanol–water partition coefficient (Wildman–Crippen LogP) is 4.56. The molecule has 3 aliphatic rings. The number of hydrogen-bond acceptors (Lipinski definition) is 1. The highest BCUT2D eigenvalue weighted by molar-refractivity contribution is 5.96. The fraction of sp³-hybridized carbons (Fsp3) is 0.550. The van der Waals surface area contributed by atoms with Crippen LogP contribution >= 0.6 is 0 Å². The molecular weight excluding hydrogens is 270 g/mol. The third kappa shape index (κ3) is 1.96. The van der Waals surface area contributed by atoms with Crippen molar-refractivity contribution in [1.29, 1.82) is 0 Å². The van der Waals surface area contributed by atoms with Gasteiger partial charge in [-0.05, 0) is 49.7 Å². The van der Waals surface area contributed by atoms with E-state index in [1.807, 2.05) is 0 Å².